The summed E-state index contributed by atoms with van der Waals surface area (Å²) in [7, 11) is 0. The van der Waals surface area contributed by atoms with Gasteiger partial charge in [-0.25, -0.2) is 4.98 Å². The Hall–Kier alpha value is -1.05. The summed E-state index contributed by atoms with van der Waals surface area (Å²) in [6, 6.07) is 6.77. The van der Waals surface area contributed by atoms with Crippen LogP contribution in [0, 0.1) is 6.07 Å². The van der Waals surface area contributed by atoms with Gasteiger partial charge in [-0.05, 0) is 26.0 Å². The maximum Gasteiger partial charge on any atom is 0.128 e. The van der Waals surface area contributed by atoms with Crippen LogP contribution >= 0.6 is 0 Å². The molecule has 2 heteroatoms. The van der Waals surface area contributed by atoms with Gasteiger partial charge in [-0.1, -0.05) is 0 Å². The number of rotatable bonds is 3. The average molecular weight is 149 g/mol. The van der Waals surface area contributed by atoms with E-state index in [1.165, 1.54) is 0 Å². The SMILES string of the molecule is CCN(CC)c1cc[c]cn1. The second-order valence-corrected chi connectivity index (χ2v) is 2.29. The van der Waals surface area contributed by atoms with Crippen LogP contribution in [0.3, 0.4) is 0 Å². The van der Waals surface area contributed by atoms with E-state index in [-0.39, 0.29) is 0 Å². The first-order valence-corrected chi connectivity index (χ1v) is 3.95. The lowest BCUT2D eigenvalue weighted by atomic mass is 10.4. The van der Waals surface area contributed by atoms with Gasteiger partial charge >= 0.3 is 0 Å². The number of hydrogen-bond donors (Lipinski definition) is 0. The molecule has 0 unspecified atom stereocenters. The Morgan fingerprint density at radius 1 is 1.45 bits per heavy atom. The number of nitrogens with zero attached hydrogens (tertiary/aromatic N) is 2. The second kappa shape index (κ2) is 3.96. The lowest BCUT2D eigenvalue weighted by Crippen LogP contribution is -2.22. The zero-order chi connectivity index (χ0) is 8.10. The van der Waals surface area contributed by atoms with Crippen LogP contribution in [-0.4, -0.2) is 18.1 Å². The number of pyridine rings is 1. The maximum absolute atomic E-state index is 4.19. The van der Waals surface area contributed by atoms with Crippen molar-refractivity contribution in [2.45, 2.75) is 13.8 Å². The van der Waals surface area contributed by atoms with Crippen LogP contribution in [0.1, 0.15) is 13.8 Å². The van der Waals surface area contributed by atoms with Crippen molar-refractivity contribution in [3.8, 4) is 0 Å². The molecule has 0 aliphatic rings. The van der Waals surface area contributed by atoms with Crippen molar-refractivity contribution in [1.82, 2.24) is 4.98 Å². The Morgan fingerprint density at radius 3 is 2.64 bits per heavy atom. The first-order chi connectivity index (χ1) is 5.38. The molecule has 0 fully saturated rings. The monoisotopic (exact) mass is 149 g/mol. The molecule has 0 bridgehead atoms. The zero-order valence-corrected chi connectivity index (χ0v) is 7.04. The van der Waals surface area contributed by atoms with Gasteiger partial charge in [0.15, 0.2) is 0 Å². The number of hydrogen-bond acceptors (Lipinski definition) is 2. The van der Waals surface area contributed by atoms with Crippen LogP contribution in [0.25, 0.3) is 0 Å². The molecule has 59 valence electrons. The fraction of sp³-hybridized carbons (Fsp3) is 0.444. The highest BCUT2D eigenvalue weighted by atomic mass is 15.2. The third kappa shape index (κ3) is 1.93. The molecule has 1 rings (SSSR count). The van der Waals surface area contributed by atoms with Crippen molar-refractivity contribution < 1.29 is 0 Å². The van der Waals surface area contributed by atoms with Crippen molar-refractivity contribution in [3.63, 3.8) is 0 Å². The minimum Gasteiger partial charge on any atom is -0.357 e. The third-order valence-electron chi connectivity index (χ3n) is 1.69. The van der Waals surface area contributed by atoms with Crippen LogP contribution in [0.5, 0.6) is 0 Å². The van der Waals surface area contributed by atoms with Crippen molar-refractivity contribution in [2.75, 3.05) is 18.0 Å². The Balaban J connectivity index is 2.74. The van der Waals surface area contributed by atoms with Crippen molar-refractivity contribution in [1.29, 1.82) is 0 Å². The normalized spacial score (nSPS) is 9.64. The molecule has 0 aromatic carbocycles. The maximum atomic E-state index is 4.19. The Kier molecular flexibility index (Phi) is 2.90. The fourth-order valence-electron chi connectivity index (χ4n) is 1.05. The van der Waals surface area contributed by atoms with Crippen LogP contribution in [0.2, 0.25) is 0 Å². The highest BCUT2D eigenvalue weighted by Gasteiger charge is 1.99. The second-order valence-electron chi connectivity index (χ2n) is 2.29. The topological polar surface area (TPSA) is 16.1 Å². The molecule has 0 spiro atoms. The van der Waals surface area contributed by atoms with Gasteiger partial charge in [-0.15, -0.1) is 0 Å². The molecule has 2 nitrogen and oxygen atoms in total. The smallest absolute Gasteiger partial charge is 0.128 e. The van der Waals surface area contributed by atoms with Crippen LogP contribution in [0.15, 0.2) is 18.3 Å². The summed E-state index contributed by atoms with van der Waals surface area (Å²) in [6.07, 6.45) is 1.70. The number of anilines is 1. The van der Waals surface area contributed by atoms with Gasteiger partial charge in [0.1, 0.15) is 5.82 Å². The van der Waals surface area contributed by atoms with Crippen LogP contribution in [0.4, 0.5) is 5.82 Å². The first-order valence-electron chi connectivity index (χ1n) is 3.95. The largest absolute Gasteiger partial charge is 0.357 e. The van der Waals surface area contributed by atoms with Crippen molar-refractivity contribution in [2.24, 2.45) is 0 Å². The van der Waals surface area contributed by atoms with Gasteiger partial charge in [0.2, 0.25) is 0 Å². The summed E-state index contributed by atoms with van der Waals surface area (Å²) in [5.74, 6) is 1.04. The molecular formula is C9H13N2. The van der Waals surface area contributed by atoms with Gasteiger partial charge in [0.25, 0.3) is 0 Å². The summed E-state index contributed by atoms with van der Waals surface area (Å²) in [5, 5.41) is 0. The molecule has 1 aromatic heterocycles. The summed E-state index contributed by atoms with van der Waals surface area (Å²) in [5.41, 5.74) is 0. The van der Waals surface area contributed by atoms with E-state index in [0.717, 1.165) is 18.9 Å². The van der Waals surface area contributed by atoms with Crippen molar-refractivity contribution >= 4 is 5.82 Å². The van der Waals surface area contributed by atoms with Crippen LogP contribution in [-0.2, 0) is 0 Å². The minimum absolute atomic E-state index is 1.01. The Labute approximate surface area is 67.9 Å². The lowest BCUT2D eigenvalue weighted by molar-refractivity contribution is 0.846. The van der Waals surface area contributed by atoms with Gasteiger partial charge < -0.3 is 4.90 Å². The van der Waals surface area contributed by atoms with Gasteiger partial charge in [0, 0.05) is 25.4 Å². The highest BCUT2D eigenvalue weighted by Crippen LogP contribution is 2.06. The molecule has 0 amide bonds. The lowest BCUT2D eigenvalue weighted by Gasteiger charge is -2.18. The molecule has 0 atom stereocenters. The highest BCUT2D eigenvalue weighted by molar-refractivity contribution is 5.36. The third-order valence-corrected chi connectivity index (χ3v) is 1.69. The summed E-state index contributed by atoms with van der Waals surface area (Å²) < 4.78 is 0. The standard InChI is InChI=1S/C9H13N2/c1-3-11(4-2)9-7-5-6-8-10-9/h5,7-8H,3-4H2,1-2H3. The Morgan fingerprint density at radius 2 is 2.18 bits per heavy atom. The average Bonchev–Trinajstić information content (AvgIpc) is 2.09. The molecule has 1 heterocycles. The fourth-order valence-corrected chi connectivity index (χ4v) is 1.05. The van der Waals surface area contributed by atoms with Gasteiger partial charge in [-0.3, -0.25) is 0 Å². The molecule has 0 N–H and O–H groups in total. The quantitative estimate of drug-likeness (QED) is 0.650. The van der Waals surface area contributed by atoms with E-state index >= 15 is 0 Å². The molecule has 1 radical (unpaired) electrons. The molecule has 0 saturated heterocycles. The van der Waals surface area contributed by atoms with E-state index < -0.39 is 0 Å². The summed E-state index contributed by atoms with van der Waals surface area (Å²) in [6.45, 7) is 6.27. The van der Waals surface area contributed by atoms with Crippen LogP contribution < -0.4 is 4.90 Å². The molecule has 1 aromatic rings. The first kappa shape index (κ1) is 8.05. The Bertz CT molecular complexity index is 192. The van der Waals surface area contributed by atoms with E-state index in [1.54, 1.807) is 6.20 Å². The molecular weight excluding hydrogens is 136 g/mol. The summed E-state index contributed by atoms with van der Waals surface area (Å²) >= 11 is 0. The number of aromatic nitrogens is 1. The van der Waals surface area contributed by atoms with E-state index in [9.17, 15) is 0 Å². The zero-order valence-electron chi connectivity index (χ0n) is 7.04. The van der Waals surface area contributed by atoms with E-state index in [2.05, 4.69) is 29.8 Å². The van der Waals surface area contributed by atoms with E-state index in [1.807, 2.05) is 12.1 Å². The minimum atomic E-state index is 1.01. The van der Waals surface area contributed by atoms with E-state index in [0.29, 0.717) is 0 Å². The van der Waals surface area contributed by atoms with Gasteiger partial charge in [-0.2, -0.15) is 0 Å². The molecule has 11 heavy (non-hydrogen) atoms. The predicted octanol–water partition coefficient (Wildman–Crippen LogP) is 1.73. The van der Waals surface area contributed by atoms with Crippen molar-refractivity contribution in [3.05, 3.63) is 24.4 Å². The molecule has 0 aliphatic carbocycles. The summed E-state index contributed by atoms with van der Waals surface area (Å²) in [4.78, 5) is 6.39. The predicted molar refractivity (Wildman–Crippen MR) is 46.6 cm³/mol. The molecule has 0 aliphatic heterocycles. The van der Waals surface area contributed by atoms with E-state index in [4.69, 9.17) is 0 Å². The van der Waals surface area contributed by atoms with Gasteiger partial charge in [0.05, 0.1) is 0 Å². The molecule has 0 saturated carbocycles.